The van der Waals surface area contributed by atoms with E-state index in [1.54, 1.807) is 4.90 Å². The molecule has 0 radical (unpaired) electrons. The zero-order chi connectivity index (χ0) is 16.9. The summed E-state index contributed by atoms with van der Waals surface area (Å²) in [5, 5.41) is 0. The molecule has 1 aromatic heterocycles. The highest BCUT2D eigenvalue weighted by Crippen LogP contribution is 2.21. The van der Waals surface area contributed by atoms with E-state index in [0.717, 1.165) is 19.3 Å². The minimum Gasteiger partial charge on any atom is -0.378 e. The second-order valence-electron chi connectivity index (χ2n) is 5.88. The van der Waals surface area contributed by atoms with Crippen LogP contribution in [0.3, 0.4) is 0 Å². The van der Waals surface area contributed by atoms with E-state index in [4.69, 9.17) is 10.5 Å². The van der Waals surface area contributed by atoms with Crippen LogP contribution in [-0.4, -0.2) is 53.1 Å². The molecule has 1 aliphatic heterocycles. The number of carbonyl (C=O) groups is 1. The molecule has 1 fully saturated rings. The first-order valence-electron chi connectivity index (χ1n) is 8.20. The summed E-state index contributed by atoms with van der Waals surface area (Å²) in [6.45, 7) is 2.44. The van der Waals surface area contributed by atoms with Crippen LogP contribution >= 0.6 is 24.8 Å². The third-order valence-corrected chi connectivity index (χ3v) is 4.20. The van der Waals surface area contributed by atoms with Crippen LogP contribution in [0, 0.1) is 5.82 Å². The van der Waals surface area contributed by atoms with Gasteiger partial charge in [-0.25, -0.2) is 4.39 Å². The minimum absolute atomic E-state index is 0. The number of piperidine rings is 1. The van der Waals surface area contributed by atoms with E-state index >= 15 is 0 Å². The third-order valence-electron chi connectivity index (χ3n) is 4.20. The minimum atomic E-state index is -0.480. The van der Waals surface area contributed by atoms with Crippen molar-refractivity contribution < 1.29 is 13.9 Å². The van der Waals surface area contributed by atoms with Gasteiger partial charge in [0.25, 0.3) is 5.91 Å². The Hall–Kier alpha value is -1.54. The van der Waals surface area contributed by atoms with E-state index in [9.17, 15) is 9.18 Å². The Morgan fingerprint density at radius 3 is 2.62 bits per heavy atom. The van der Waals surface area contributed by atoms with Gasteiger partial charge in [-0.15, -0.1) is 24.8 Å². The van der Waals surface area contributed by atoms with Gasteiger partial charge in [0.2, 0.25) is 0 Å². The summed E-state index contributed by atoms with van der Waals surface area (Å²) in [6.07, 6.45) is 5.54. The Morgan fingerprint density at radius 1 is 1.23 bits per heavy atom. The van der Waals surface area contributed by atoms with E-state index in [-0.39, 0.29) is 42.4 Å². The average Bonchev–Trinajstić information content (AvgIpc) is 2.61. The number of ether oxygens (including phenoxy) is 1. The third kappa shape index (κ3) is 5.23. The first-order valence-corrected chi connectivity index (χ1v) is 8.20. The normalized spacial score (nSPS) is 14.6. The highest BCUT2D eigenvalue weighted by Gasteiger charge is 2.26. The monoisotopic (exact) mass is 404 g/mol. The lowest BCUT2D eigenvalue weighted by atomic mass is 10.1. The van der Waals surface area contributed by atoms with Crippen LogP contribution in [0.1, 0.15) is 29.6 Å². The van der Waals surface area contributed by atoms with Crippen LogP contribution in [0.15, 0.2) is 24.5 Å². The fourth-order valence-electron chi connectivity index (χ4n) is 2.93. The summed E-state index contributed by atoms with van der Waals surface area (Å²) in [5.74, 6) is -0.688. The van der Waals surface area contributed by atoms with Crippen molar-refractivity contribution in [3.05, 3.63) is 35.9 Å². The second kappa shape index (κ2) is 10.6. The molecule has 3 rings (SSSR count). The topological polar surface area (TPSA) is 81.3 Å². The lowest BCUT2D eigenvalue weighted by Gasteiger charge is -2.32. The van der Waals surface area contributed by atoms with Gasteiger partial charge in [-0.3, -0.25) is 14.8 Å². The van der Waals surface area contributed by atoms with Crippen molar-refractivity contribution in [1.29, 1.82) is 0 Å². The van der Waals surface area contributed by atoms with Gasteiger partial charge in [0, 0.05) is 38.2 Å². The molecule has 26 heavy (non-hydrogen) atoms. The number of rotatable bonds is 5. The van der Waals surface area contributed by atoms with E-state index < -0.39 is 5.82 Å². The maximum absolute atomic E-state index is 13.8. The molecule has 2 heterocycles. The number of nitrogens with zero attached hydrogens (tertiary/aromatic N) is 3. The van der Waals surface area contributed by atoms with Gasteiger partial charge in [-0.1, -0.05) is 0 Å². The van der Waals surface area contributed by atoms with Crippen LogP contribution < -0.4 is 5.73 Å². The van der Waals surface area contributed by atoms with Crippen molar-refractivity contribution in [2.24, 2.45) is 5.73 Å². The number of hydrogen-bond donors (Lipinski definition) is 1. The fraction of sp³-hybridized carbons (Fsp3) is 0.471. The van der Waals surface area contributed by atoms with Crippen LogP contribution in [0.2, 0.25) is 0 Å². The molecule has 0 bridgehead atoms. The Bertz CT molecular complexity index is 727. The summed E-state index contributed by atoms with van der Waals surface area (Å²) >= 11 is 0. The predicted molar refractivity (Wildman–Crippen MR) is 103 cm³/mol. The number of likely N-dealkylation sites (tertiary alicyclic amines) is 1. The molecule has 1 saturated heterocycles. The first-order chi connectivity index (χ1) is 11.7. The fourth-order valence-corrected chi connectivity index (χ4v) is 2.93. The molecule has 2 N–H and O–H groups in total. The smallest absolute Gasteiger partial charge is 0.256 e. The molecule has 1 amide bonds. The SMILES string of the molecule is Cl.Cl.NCCCOC1CCN(C(=O)c2cc(F)cc3nccnc23)CC1. The maximum Gasteiger partial charge on any atom is 0.256 e. The highest BCUT2D eigenvalue weighted by molar-refractivity contribution is 6.04. The molecule has 6 nitrogen and oxygen atoms in total. The van der Waals surface area contributed by atoms with Crippen LogP contribution in [0.25, 0.3) is 11.0 Å². The number of halogens is 3. The summed E-state index contributed by atoms with van der Waals surface area (Å²) in [4.78, 5) is 22.8. The molecule has 144 valence electrons. The van der Waals surface area contributed by atoms with Crippen molar-refractivity contribution in [3.63, 3.8) is 0 Å². The number of amides is 1. The number of hydrogen-bond acceptors (Lipinski definition) is 5. The molecule has 2 aromatic rings. The summed E-state index contributed by atoms with van der Waals surface area (Å²) in [5.41, 5.74) is 6.54. The molecule has 1 aromatic carbocycles. The average molecular weight is 405 g/mol. The summed E-state index contributed by atoms with van der Waals surface area (Å²) in [6, 6.07) is 2.53. The number of benzene rings is 1. The molecule has 9 heteroatoms. The van der Waals surface area contributed by atoms with Gasteiger partial charge in [0.1, 0.15) is 11.3 Å². The predicted octanol–water partition coefficient (Wildman–Crippen LogP) is 2.58. The van der Waals surface area contributed by atoms with Gasteiger partial charge in [-0.05, 0) is 31.9 Å². The Labute approximate surface area is 164 Å². The molecule has 0 unspecified atom stereocenters. The number of nitrogens with two attached hydrogens (primary N) is 1. The molecule has 0 aliphatic carbocycles. The largest absolute Gasteiger partial charge is 0.378 e. The van der Waals surface area contributed by atoms with Gasteiger partial charge >= 0.3 is 0 Å². The van der Waals surface area contributed by atoms with Crippen LogP contribution in [0.4, 0.5) is 4.39 Å². The second-order valence-corrected chi connectivity index (χ2v) is 5.88. The van der Waals surface area contributed by atoms with Crippen molar-refractivity contribution in [2.75, 3.05) is 26.2 Å². The summed E-state index contributed by atoms with van der Waals surface area (Å²) < 4.78 is 19.5. The number of aromatic nitrogens is 2. The van der Waals surface area contributed by atoms with Crippen LogP contribution in [0.5, 0.6) is 0 Å². The van der Waals surface area contributed by atoms with Crippen molar-refractivity contribution in [2.45, 2.75) is 25.4 Å². The number of carbonyl (C=O) groups excluding carboxylic acids is 1. The Morgan fingerprint density at radius 2 is 1.92 bits per heavy atom. The van der Waals surface area contributed by atoms with Crippen molar-refractivity contribution in [1.82, 2.24) is 14.9 Å². The van der Waals surface area contributed by atoms with Crippen molar-refractivity contribution in [3.8, 4) is 0 Å². The molecular formula is C17H23Cl2FN4O2. The van der Waals surface area contributed by atoms with E-state index in [2.05, 4.69) is 9.97 Å². The highest BCUT2D eigenvalue weighted by atomic mass is 35.5. The molecule has 1 aliphatic rings. The van der Waals surface area contributed by atoms with Crippen LogP contribution in [-0.2, 0) is 4.74 Å². The van der Waals surface area contributed by atoms with E-state index in [1.807, 2.05) is 0 Å². The quantitative estimate of drug-likeness (QED) is 0.774. The Balaban J connectivity index is 0.00000169. The van der Waals surface area contributed by atoms with E-state index in [1.165, 1.54) is 24.5 Å². The zero-order valence-electron chi connectivity index (χ0n) is 14.3. The molecule has 0 spiro atoms. The lowest BCUT2D eigenvalue weighted by Crippen LogP contribution is -2.41. The summed E-state index contributed by atoms with van der Waals surface area (Å²) in [7, 11) is 0. The van der Waals surface area contributed by atoms with Gasteiger partial charge < -0.3 is 15.4 Å². The maximum atomic E-state index is 13.8. The Kier molecular flexibility index (Phi) is 9.15. The van der Waals surface area contributed by atoms with E-state index in [0.29, 0.717) is 37.3 Å². The van der Waals surface area contributed by atoms with Gasteiger partial charge in [-0.2, -0.15) is 0 Å². The van der Waals surface area contributed by atoms with Crippen molar-refractivity contribution >= 4 is 41.8 Å². The van der Waals surface area contributed by atoms with Gasteiger partial charge in [0.15, 0.2) is 0 Å². The molecule has 0 atom stereocenters. The lowest BCUT2D eigenvalue weighted by molar-refractivity contribution is 0.00848. The molecule has 0 saturated carbocycles. The molecular weight excluding hydrogens is 382 g/mol. The first kappa shape index (κ1) is 22.5. The van der Waals surface area contributed by atoms with Gasteiger partial charge in [0.05, 0.1) is 17.2 Å². The number of fused-ring (bicyclic) bond motifs is 1. The zero-order valence-corrected chi connectivity index (χ0v) is 15.9. The standard InChI is InChI=1S/C17H21FN4O2.2ClH/c18-12-10-14(16-15(11-12)20-5-6-21-16)17(23)22-7-2-13(3-8-22)24-9-1-4-19;;/h5-6,10-11,13H,1-4,7-9,19H2;2*1H.